The summed E-state index contributed by atoms with van der Waals surface area (Å²) < 4.78 is 14.4. The van der Waals surface area contributed by atoms with E-state index in [1.165, 1.54) is 6.07 Å². The average molecular weight is 313 g/mol. The van der Waals surface area contributed by atoms with Gasteiger partial charge in [0, 0.05) is 29.5 Å². The van der Waals surface area contributed by atoms with Crippen LogP contribution in [0, 0.1) is 22.6 Å². The van der Waals surface area contributed by atoms with Crippen molar-refractivity contribution in [3.63, 3.8) is 0 Å². The number of nitrogens with zero attached hydrogens (tertiary/aromatic N) is 1. The van der Waals surface area contributed by atoms with E-state index < -0.39 is 0 Å². The zero-order valence-electron chi connectivity index (χ0n) is 10.8. The lowest BCUT2D eigenvalue weighted by Gasteiger charge is -2.24. The van der Waals surface area contributed by atoms with E-state index in [1.54, 1.807) is 12.1 Å². The summed E-state index contributed by atoms with van der Waals surface area (Å²) in [6, 6.07) is 7.09. The van der Waals surface area contributed by atoms with Crippen molar-refractivity contribution in [3.8, 4) is 6.07 Å². The Hall–Kier alpha value is -0.920. The van der Waals surface area contributed by atoms with Gasteiger partial charge in [-0.15, -0.1) is 0 Å². The molecule has 98 valence electrons. The van der Waals surface area contributed by atoms with Gasteiger partial charge in [0.15, 0.2) is 0 Å². The fourth-order valence-electron chi connectivity index (χ4n) is 1.70. The summed E-state index contributed by atoms with van der Waals surface area (Å²) in [5.74, 6) is -0.194. The second kappa shape index (κ2) is 6.86. The highest BCUT2D eigenvalue weighted by Crippen LogP contribution is 2.21. The molecule has 0 fully saturated rings. The molecule has 0 aliphatic heterocycles. The van der Waals surface area contributed by atoms with Crippen LogP contribution in [0.5, 0.6) is 0 Å². The Bertz CT molecular complexity index is 438. The van der Waals surface area contributed by atoms with E-state index in [0.29, 0.717) is 18.5 Å². The molecule has 1 N–H and O–H groups in total. The molecule has 1 aromatic rings. The molecule has 0 unspecified atom stereocenters. The summed E-state index contributed by atoms with van der Waals surface area (Å²) in [5, 5.41) is 11.8. The third-order valence-electron chi connectivity index (χ3n) is 2.84. The lowest BCUT2D eigenvalue weighted by atomic mass is 9.88. The normalized spacial score (nSPS) is 11.3. The van der Waals surface area contributed by atoms with Gasteiger partial charge >= 0.3 is 0 Å². The Morgan fingerprint density at radius 2 is 2.17 bits per heavy atom. The van der Waals surface area contributed by atoms with Gasteiger partial charge in [0.25, 0.3) is 0 Å². The van der Waals surface area contributed by atoms with Crippen LogP contribution in [-0.2, 0) is 6.54 Å². The van der Waals surface area contributed by atoms with Crippen LogP contribution in [0.1, 0.15) is 32.3 Å². The fraction of sp³-hybridized carbons (Fsp3) is 0.500. The summed E-state index contributed by atoms with van der Waals surface area (Å²) in [4.78, 5) is 0. The third kappa shape index (κ3) is 5.16. The molecular weight excluding hydrogens is 295 g/mol. The van der Waals surface area contributed by atoms with Gasteiger partial charge in [-0.3, -0.25) is 0 Å². The lowest BCUT2D eigenvalue weighted by Crippen LogP contribution is -2.29. The molecule has 0 heterocycles. The zero-order chi connectivity index (χ0) is 13.6. The largest absolute Gasteiger partial charge is 0.312 e. The SMILES string of the molecule is CC(C)(CCC#N)CNCc1cc(Br)ccc1F. The smallest absolute Gasteiger partial charge is 0.127 e. The molecule has 0 saturated heterocycles. The van der Waals surface area contributed by atoms with E-state index in [-0.39, 0.29) is 11.2 Å². The maximum absolute atomic E-state index is 13.5. The van der Waals surface area contributed by atoms with Gasteiger partial charge in [-0.1, -0.05) is 29.8 Å². The van der Waals surface area contributed by atoms with Crippen molar-refractivity contribution in [2.45, 2.75) is 33.2 Å². The molecule has 0 spiro atoms. The standard InChI is InChI=1S/C14H18BrFN2/c1-14(2,6-3-7-17)10-18-9-11-8-12(15)4-5-13(11)16/h4-5,8,18H,3,6,9-10H2,1-2H3. The Morgan fingerprint density at radius 3 is 2.83 bits per heavy atom. The van der Waals surface area contributed by atoms with Crippen LogP contribution in [0.4, 0.5) is 4.39 Å². The first-order valence-electron chi connectivity index (χ1n) is 5.96. The van der Waals surface area contributed by atoms with Gasteiger partial charge in [-0.2, -0.15) is 5.26 Å². The van der Waals surface area contributed by atoms with Crippen molar-refractivity contribution < 1.29 is 4.39 Å². The van der Waals surface area contributed by atoms with Gasteiger partial charge in [-0.05, 0) is 30.0 Å². The number of nitrogens with one attached hydrogen (secondary N) is 1. The second-order valence-corrected chi connectivity index (χ2v) is 6.08. The van der Waals surface area contributed by atoms with Gasteiger partial charge in [0.05, 0.1) is 6.07 Å². The molecular formula is C14H18BrFN2. The van der Waals surface area contributed by atoms with Crippen LogP contribution in [0.2, 0.25) is 0 Å². The maximum atomic E-state index is 13.5. The van der Waals surface area contributed by atoms with Crippen LogP contribution in [-0.4, -0.2) is 6.54 Å². The summed E-state index contributed by atoms with van der Waals surface area (Å²) >= 11 is 3.33. The van der Waals surface area contributed by atoms with Crippen molar-refractivity contribution >= 4 is 15.9 Å². The zero-order valence-corrected chi connectivity index (χ0v) is 12.3. The van der Waals surface area contributed by atoms with Crippen molar-refractivity contribution in [1.82, 2.24) is 5.32 Å². The molecule has 0 bridgehead atoms. The second-order valence-electron chi connectivity index (χ2n) is 5.16. The van der Waals surface area contributed by atoms with Gasteiger partial charge in [0.1, 0.15) is 5.82 Å². The fourth-order valence-corrected chi connectivity index (χ4v) is 2.11. The Balaban J connectivity index is 2.46. The number of nitriles is 1. The molecule has 0 saturated carbocycles. The molecule has 0 amide bonds. The highest BCUT2D eigenvalue weighted by molar-refractivity contribution is 9.10. The summed E-state index contributed by atoms with van der Waals surface area (Å²) in [6.07, 6.45) is 1.40. The predicted molar refractivity (Wildman–Crippen MR) is 74.4 cm³/mol. The van der Waals surface area contributed by atoms with Crippen molar-refractivity contribution in [1.29, 1.82) is 5.26 Å². The van der Waals surface area contributed by atoms with Crippen LogP contribution >= 0.6 is 15.9 Å². The quantitative estimate of drug-likeness (QED) is 0.861. The van der Waals surface area contributed by atoms with Crippen molar-refractivity contribution in [2.24, 2.45) is 5.41 Å². The minimum absolute atomic E-state index is 0.0538. The van der Waals surface area contributed by atoms with Gasteiger partial charge < -0.3 is 5.32 Å². The summed E-state index contributed by atoms with van der Waals surface area (Å²) in [7, 11) is 0. The van der Waals surface area contributed by atoms with Crippen LogP contribution in [0.15, 0.2) is 22.7 Å². The van der Waals surface area contributed by atoms with E-state index in [1.807, 2.05) is 0 Å². The van der Waals surface area contributed by atoms with Crippen molar-refractivity contribution in [3.05, 3.63) is 34.1 Å². The number of rotatable bonds is 6. The molecule has 0 atom stereocenters. The molecule has 4 heteroatoms. The van der Waals surface area contributed by atoms with E-state index in [9.17, 15) is 4.39 Å². The molecule has 1 aromatic carbocycles. The first-order valence-corrected chi connectivity index (χ1v) is 6.75. The minimum Gasteiger partial charge on any atom is -0.312 e. The molecule has 0 aromatic heterocycles. The van der Waals surface area contributed by atoms with Crippen LogP contribution < -0.4 is 5.32 Å². The average Bonchev–Trinajstić information content (AvgIpc) is 2.31. The highest BCUT2D eigenvalue weighted by Gasteiger charge is 2.16. The Labute approximate surface area is 116 Å². The van der Waals surface area contributed by atoms with Crippen molar-refractivity contribution in [2.75, 3.05) is 6.54 Å². The monoisotopic (exact) mass is 312 g/mol. The molecule has 1 rings (SSSR count). The van der Waals surface area contributed by atoms with Gasteiger partial charge in [0.2, 0.25) is 0 Å². The number of hydrogen-bond acceptors (Lipinski definition) is 2. The van der Waals surface area contributed by atoms with Crippen LogP contribution in [0.3, 0.4) is 0 Å². The number of benzene rings is 1. The Morgan fingerprint density at radius 1 is 1.44 bits per heavy atom. The van der Waals surface area contributed by atoms with Gasteiger partial charge in [-0.25, -0.2) is 4.39 Å². The molecule has 0 aliphatic carbocycles. The predicted octanol–water partition coefficient (Wildman–Crippen LogP) is 4.01. The molecule has 0 aliphatic rings. The van der Waals surface area contributed by atoms with E-state index in [0.717, 1.165) is 17.4 Å². The van der Waals surface area contributed by atoms with E-state index in [2.05, 4.69) is 41.2 Å². The number of halogens is 2. The molecule has 2 nitrogen and oxygen atoms in total. The summed E-state index contributed by atoms with van der Waals surface area (Å²) in [5.41, 5.74) is 0.707. The minimum atomic E-state index is -0.194. The van der Waals surface area contributed by atoms with E-state index in [4.69, 9.17) is 5.26 Å². The van der Waals surface area contributed by atoms with Crippen LogP contribution in [0.25, 0.3) is 0 Å². The number of hydrogen-bond donors (Lipinski definition) is 1. The summed E-state index contributed by atoms with van der Waals surface area (Å²) in [6.45, 7) is 5.48. The molecule has 18 heavy (non-hydrogen) atoms. The molecule has 0 radical (unpaired) electrons. The maximum Gasteiger partial charge on any atom is 0.127 e. The van der Waals surface area contributed by atoms with E-state index >= 15 is 0 Å². The first kappa shape index (κ1) is 15.1. The topological polar surface area (TPSA) is 35.8 Å². The third-order valence-corrected chi connectivity index (χ3v) is 3.33. The lowest BCUT2D eigenvalue weighted by molar-refractivity contribution is 0.316. The Kier molecular flexibility index (Phi) is 5.77. The first-order chi connectivity index (χ1) is 8.44. The highest BCUT2D eigenvalue weighted by atomic mass is 79.9.